The van der Waals surface area contributed by atoms with Crippen molar-refractivity contribution in [2.24, 2.45) is 5.92 Å². The fourth-order valence-electron chi connectivity index (χ4n) is 2.37. The molecule has 0 amide bonds. The molecular formula is C17H19Cl2O2. The van der Waals surface area contributed by atoms with E-state index in [0.29, 0.717) is 16.0 Å². The number of allylic oxidation sites excluding steroid dienone is 4. The van der Waals surface area contributed by atoms with Crippen LogP contribution in [0.15, 0.2) is 33.8 Å². The molecule has 0 spiro atoms. The smallest absolute Gasteiger partial charge is 0.123 e. The molecule has 1 radical (unpaired) electrons. The van der Waals surface area contributed by atoms with Crippen molar-refractivity contribution in [1.82, 2.24) is 0 Å². The van der Waals surface area contributed by atoms with Gasteiger partial charge in [0.15, 0.2) is 0 Å². The zero-order chi connectivity index (χ0) is 15.6. The highest BCUT2D eigenvalue weighted by Crippen LogP contribution is 2.43. The quantitative estimate of drug-likeness (QED) is 0.736. The summed E-state index contributed by atoms with van der Waals surface area (Å²) in [7, 11) is 3.26. The highest BCUT2D eigenvalue weighted by Gasteiger charge is 2.22. The van der Waals surface area contributed by atoms with E-state index in [4.69, 9.17) is 32.7 Å². The van der Waals surface area contributed by atoms with Crippen molar-refractivity contribution in [2.45, 2.75) is 20.3 Å². The minimum Gasteiger partial charge on any atom is -0.497 e. The topological polar surface area (TPSA) is 18.5 Å². The summed E-state index contributed by atoms with van der Waals surface area (Å²) < 4.78 is 10.6. The van der Waals surface area contributed by atoms with Crippen LogP contribution in [0.4, 0.5) is 0 Å². The molecule has 1 aliphatic carbocycles. The standard InChI is InChI=1S/C17H19Cl2O2/c1-10(2)14-5-6-15(17(19)16(14)18)11-7-12(20-3)9-13(8-11)21-4/h5,7-10H,6H2,1-4H3. The van der Waals surface area contributed by atoms with Crippen LogP contribution in [0.3, 0.4) is 0 Å². The van der Waals surface area contributed by atoms with Gasteiger partial charge < -0.3 is 9.47 Å². The predicted molar refractivity (Wildman–Crippen MR) is 89.0 cm³/mol. The minimum atomic E-state index is 0.354. The van der Waals surface area contributed by atoms with Crippen molar-refractivity contribution in [1.29, 1.82) is 0 Å². The van der Waals surface area contributed by atoms with Gasteiger partial charge in [0.2, 0.25) is 0 Å². The summed E-state index contributed by atoms with van der Waals surface area (Å²) in [5, 5.41) is 1.24. The van der Waals surface area contributed by atoms with E-state index in [2.05, 4.69) is 20.3 Å². The molecule has 1 aromatic carbocycles. The molecule has 0 saturated heterocycles. The van der Waals surface area contributed by atoms with E-state index in [9.17, 15) is 0 Å². The largest absolute Gasteiger partial charge is 0.497 e. The van der Waals surface area contributed by atoms with Crippen molar-refractivity contribution in [2.75, 3.05) is 14.2 Å². The number of halogens is 2. The summed E-state index contributed by atoms with van der Waals surface area (Å²) in [5.41, 5.74) is 3.05. The first kappa shape index (κ1) is 16.3. The van der Waals surface area contributed by atoms with E-state index in [1.54, 1.807) is 14.2 Å². The first-order valence-electron chi connectivity index (χ1n) is 6.83. The minimum absolute atomic E-state index is 0.354. The molecule has 1 aromatic rings. The first-order chi connectivity index (χ1) is 9.97. The molecule has 0 aliphatic heterocycles. The fraction of sp³-hybridized carbons (Fsp3) is 0.353. The number of methoxy groups -OCH3 is 2. The lowest BCUT2D eigenvalue weighted by Crippen LogP contribution is -2.06. The van der Waals surface area contributed by atoms with Gasteiger partial charge in [-0.3, -0.25) is 0 Å². The Bertz CT molecular complexity index is 579. The zero-order valence-corrected chi connectivity index (χ0v) is 14.2. The Morgan fingerprint density at radius 3 is 2.00 bits per heavy atom. The molecule has 0 fully saturated rings. The highest BCUT2D eigenvalue weighted by molar-refractivity contribution is 6.46. The lowest BCUT2D eigenvalue weighted by atomic mass is 9.88. The predicted octanol–water partition coefficient (Wildman–Crippen LogP) is 5.41. The van der Waals surface area contributed by atoms with Gasteiger partial charge >= 0.3 is 0 Å². The van der Waals surface area contributed by atoms with Crippen LogP contribution in [0.25, 0.3) is 5.57 Å². The molecule has 21 heavy (non-hydrogen) atoms. The molecular weight excluding hydrogens is 307 g/mol. The second kappa shape index (κ2) is 6.76. The van der Waals surface area contributed by atoms with E-state index in [-0.39, 0.29) is 0 Å². The van der Waals surface area contributed by atoms with Crippen LogP contribution in [0, 0.1) is 12.3 Å². The van der Waals surface area contributed by atoms with Crippen LogP contribution >= 0.6 is 23.2 Å². The van der Waals surface area contributed by atoms with Crippen LogP contribution in [0.5, 0.6) is 11.5 Å². The van der Waals surface area contributed by atoms with Gasteiger partial charge in [0.25, 0.3) is 0 Å². The maximum atomic E-state index is 6.49. The molecule has 0 N–H and O–H groups in total. The van der Waals surface area contributed by atoms with Crippen molar-refractivity contribution < 1.29 is 9.47 Å². The third-order valence-corrected chi connectivity index (χ3v) is 4.48. The molecule has 2 rings (SSSR count). The van der Waals surface area contributed by atoms with Gasteiger partial charge in [-0.1, -0.05) is 37.0 Å². The van der Waals surface area contributed by atoms with Crippen molar-refractivity contribution in [3.05, 3.63) is 45.8 Å². The molecule has 0 aromatic heterocycles. The van der Waals surface area contributed by atoms with E-state index >= 15 is 0 Å². The maximum Gasteiger partial charge on any atom is 0.123 e. The number of benzene rings is 1. The Balaban J connectivity index is 2.52. The van der Waals surface area contributed by atoms with Crippen molar-refractivity contribution in [3.63, 3.8) is 0 Å². The summed E-state index contributed by atoms with van der Waals surface area (Å²) in [4.78, 5) is 0. The van der Waals surface area contributed by atoms with E-state index in [1.807, 2.05) is 18.2 Å². The third kappa shape index (κ3) is 3.38. The van der Waals surface area contributed by atoms with Gasteiger partial charge in [-0.25, -0.2) is 0 Å². The summed E-state index contributed by atoms with van der Waals surface area (Å²) in [6.45, 7) is 4.22. The molecule has 113 valence electrons. The second-order valence-corrected chi connectivity index (χ2v) is 5.98. The highest BCUT2D eigenvalue weighted by atomic mass is 35.5. The third-order valence-electron chi connectivity index (χ3n) is 3.56. The van der Waals surface area contributed by atoms with Gasteiger partial charge in [0.1, 0.15) is 11.5 Å². The zero-order valence-electron chi connectivity index (χ0n) is 12.7. The van der Waals surface area contributed by atoms with Gasteiger partial charge in [-0.15, -0.1) is 0 Å². The summed E-state index contributed by atoms with van der Waals surface area (Å²) in [6.07, 6.45) is 2.89. The van der Waals surface area contributed by atoms with Crippen LogP contribution in [-0.4, -0.2) is 14.2 Å². The maximum absolute atomic E-state index is 6.49. The van der Waals surface area contributed by atoms with Crippen LogP contribution < -0.4 is 9.47 Å². The van der Waals surface area contributed by atoms with Crippen LogP contribution in [0.2, 0.25) is 0 Å². The molecule has 1 aliphatic rings. The lowest BCUT2D eigenvalue weighted by molar-refractivity contribution is 0.394. The Morgan fingerprint density at radius 2 is 1.52 bits per heavy atom. The first-order valence-corrected chi connectivity index (χ1v) is 7.58. The van der Waals surface area contributed by atoms with Gasteiger partial charge in [0, 0.05) is 6.07 Å². The lowest BCUT2D eigenvalue weighted by Gasteiger charge is -2.23. The molecule has 0 bridgehead atoms. The Kier molecular flexibility index (Phi) is 5.23. The second-order valence-electron chi connectivity index (χ2n) is 5.23. The Morgan fingerprint density at radius 1 is 0.952 bits per heavy atom. The number of rotatable bonds is 4. The number of hydrogen-bond donors (Lipinski definition) is 0. The number of hydrogen-bond acceptors (Lipinski definition) is 2. The summed E-state index contributed by atoms with van der Waals surface area (Å²) in [5.74, 6) is 1.82. The van der Waals surface area contributed by atoms with Crippen molar-refractivity contribution >= 4 is 28.8 Å². The molecule has 0 atom stereocenters. The molecule has 2 nitrogen and oxygen atoms in total. The SMILES string of the molecule is COc1cc(OC)cc(C2=C(Cl)C(Cl)=C(C(C)C)[CH]C2)c1. The summed E-state index contributed by atoms with van der Waals surface area (Å²) >= 11 is 12.9. The average molecular weight is 326 g/mol. The average Bonchev–Trinajstić information content (AvgIpc) is 2.48. The van der Waals surface area contributed by atoms with Gasteiger partial charge in [-0.05, 0) is 47.6 Å². The Hall–Kier alpha value is -1.12. The molecule has 0 saturated carbocycles. The Labute approximate surface area is 136 Å². The monoisotopic (exact) mass is 325 g/mol. The van der Waals surface area contributed by atoms with E-state index < -0.39 is 0 Å². The van der Waals surface area contributed by atoms with Crippen LogP contribution in [0.1, 0.15) is 25.8 Å². The van der Waals surface area contributed by atoms with Gasteiger partial charge in [-0.2, -0.15) is 0 Å². The molecule has 0 heterocycles. The summed E-state index contributed by atoms with van der Waals surface area (Å²) in [6, 6.07) is 5.72. The van der Waals surface area contributed by atoms with E-state index in [1.165, 1.54) is 0 Å². The normalized spacial score (nSPS) is 15.8. The van der Waals surface area contributed by atoms with Crippen molar-refractivity contribution in [3.8, 4) is 11.5 Å². The molecule has 0 unspecified atom stereocenters. The van der Waals surface area contributed by atoms with E-state index in [0.717, 1.165) is 34.6 Å². The fourth-order valence-corrected chi connectivity index (χ4v) is 3.07. The number of ether oxygens (including phenoxy) is 2. The molecule has 4 heteroatoms. The van der Waals surface area contributed by atoms with Crippen LogP contribution in [-0.2, 0) is 0 Å². The van der Waals surface area contributed by atoms with Gasteiger partial charge in [0.05, 0.1) is 24.3 Å².